The molecule has 0 N–H and O–H groups in total. The number of rotatable bonds is 3. The number of allylic oxidation sites excluding steroid dienone is 3. The summed E-state index contributed by atoms with van der Waals surface area (Å²) in [5.74, 6) is -0.461. The molecule has 0 fully saturated rings. The average molecular weight is 392 g/mol. The average Bonchev–Trinajstić information content (AvgIpc) is 2.55. The van der Waals surface area contributed by atoms with Crippen LogP contribution in [0.1, 0.15) is 20.8 Å². The fourth-order valence-electron chi connectivity index (χ4n) is 2.28. The van der Waals surface area contributed by atoms with Gasteiger partial charge in [-0.2, -0.15) is 8.42 Å². The van der Waals surface area contributed by atoms with Gasteiger partial charge in [0.2, 0.25) is 0 Å². The molecule has 0 unspecified atom stereocenters. The van der Waals surface area contributed by atoms with Crippen molar-refractivity contribution in [1.82, 2.24) is 0 Å². The predicted octanol–water partition coefficient (Wildman–Crippen LogP) is 4.00. The molecule has 0 aromatic heterocycles. The van der Waals surface area contributed by atoms with E-state index in [-0.39, 0.29) is 16.4 Å². The molecule has 0 spiro atoms. The maximum Gasteiger partial charge on any atom is 0.283 e. The molecule has 0 saturated carbocycles. The zero-order chi connectivity index (χ0) is 19.5. The number of halogens is 1. The fraction of sp³-hybridized carbons (Fsp3) is 0.188. The number of sulfonamides is 1. The Bertz CT molecular complexity index is 1040. The number of ketones is 1. The molecule has 8 nitrogen and oxygen atoms in total. The van der Waals surface area contributed by atoms with E-state index < -0.39 is 15.8 Å². The number of carbonyl (C=O) groups is 1. The molecule has 0 radical (unpaired) electrons. The van der Waals surface area contributed by atoms with E-state index in [0.29, 0.717) is 21.9 Å². The first kappa shape index (κ1) is 19.6. The lowest BCUT2D eigenvalue weighted by atomic mass is 9.94. The molecule has 10 heteroatoms. The molecule has 0 heterocycles. The predicted molar refractivity (Wildman–Crippen MR) is 99.8 cm³/mol. The van der Waals surface area contributed by atoms with Gasteiger partial charge in [0.1, 0.15) is 5.84 Å². The van der Waals surface area contributed by atoms with Gasteiger partial charge in [-0.15, -0.1) is 4.40 Å². The lowest BCUT2D eigenvalue weighted by Gasteiger charge is -2.15. The fourth-order valence-corrected chi connectivity index (χ4v) is 3.38. The summed E-state index contributed by atoms with van der Waals surface area (Å²) in [5, 5.41) is 3.79. The van der Waals surface area contributed by atoms with E-state index in [0.717, 1.165) is 0 Å². The van der Waals surface area contributed by atoms with Gasteiger partial charge in [-0.1, -0.05) is 16.7 Å². The Morgan fingerprint density at radius 2 is 1.81 bits per heavy atom. The van der Waals surface area contributed by atoms with Crippen LogP contribution >= 0.6 is 11.6 Å². The number of azide groups is 1. The van der Waals surface area contributed by atoms with Crippen molar-refractivity contribution in [2.24, 2.45) is 14.5 Å². The molecule has 0 amide bonds. The van der Waals surface area contributed by atoms with Crippen LogP contribution in [0, 0.1) is 0 Å². The van der Waals surface area contributed by atoms with Crippen LogP contribution in [0.3, 0.4) is 0 Å². The van der Waals surface area contributed by atoms with Crippen molar-refractivity contribution >= 4 is 39.0 Å². The SMILES string of the molecule is CC1=CC(=O)C(N=[N+]=[N-])=C(C)C1=N/C(C)=N\S(=O)(=O)c1ccc(Cl)cc1. The molecule has 1 aliphatic rings. The largest absolute Gasteiger partial charge is 0.289 e. The molecule has 0 atom stereocenters. The minimum Gasteiger partial charge on any atom is -0.289 e. The monoisotopic (exact) mass is 391 g/mol. The number of carbonyl (C=O) groups excluding carboxylic acids is 1. The highest BCUT2D eigenvalue weighted by molar-refractivity contribution is 7.90. The number of hydrogen-bond donors (Lipinski definition) is 0. The Morgan fingerprint density at radius 3 is 2.38 bits per heavy atom. The summed E-state index contributed by atoms with van der Waals surface area (Å²) in [6, 6.07) is 5.58. The van der Waals surface area contributed by atoms with Crippen LogP contribution < -0.4 is 0 Å². The second-order valence-corrected chi connectivity index (χ2v) is 7.42. The van der Waals surface area contributed by atoms with E-state index in [9.17, 15) is 13.2 Å². The molecule has 0 aliphatic heterocycles. The molecule has 26 heavy (non-hydrogen) atoms. The van der Waals surface area contributed by atoms with E-state index in [4.69, 9.17) is 17.1 Å². The quantitative estimate of drug-likeness (QED) is 0.193. The summed E-state index contributed by atoms with van der Waals surface area (Å²) in [6.45, 7) is 4.64. The van der Waals surface area contributed by atoms with Crippen LogP contribution in [-0.2, 0) is 14.8 Å². The van der Waals surface area contributed by atoms with Gasteiger partial charge in [-0.05, 0) is 67.8 Å². The number of hydrogen-bond acceptors (Lipinski definition) is 4. The van der Waals surface area contributed by atoms with Crippen molar-refractivity contribution in [1.29, 1.82) is 0 Å². The van der Waals surface area contributed by atoms with Crippen LogP contribution in [0.2, 0.25) is 5.02 Å². The van der Waals surface area contributed by atoms with E-state index in [1.165, 1.54) is 37.3 Å². The zero-order valence-electron chi connectivity index (χ0n) is 14.1. The second kappa shape index (κ2) is 7.65. The lowest BCUT2D eigenvalue weighted by molar-refractivity contribution is -0.111. The summed E-state index contributed by atoms with van der Waals surface area (Å²) < 4.78 is 28.3. The lowest BCUT2D eigenvalue weighted by Crippen LogP contribution is -2.17. The van der Waals surface area contributed by atoms with Gasteiger partial charge >= 0.3 is 0 Å². The highest BCUT2D eigenvalue weighted by atomic mass is 35.5. The summed E-state index contributed by atoms with van der Waals surface area (Å²) >= 11 is 5.75. The van der Waals surface area contributed by atoms with Crippen molar-refractivity contribution in [3.63, 3.8) is 0 Å². The first-order valence-corrected chi connectivity index (χ1v) is 9.12. The molecule has 0 bridgehead atoms. The summed E-state index contributed by atoms with van der Waals surface area (Å²) in [7, 11) is -3.96. The Labute approximate surface area is 155 Å². The second-order valence-electron chi connectivity index (χ2n) is 5.38. The van der Waals surface area contributed by atoms with Crippen LogP contribution in [-0.4, -0.2) is 25.7 Å². The van der Waals surface area contributed by atoms with Crippen LogP contribution in [0.4, 0.5) is 0 Å². The standard InChI is InChI=1S/C16H14ClN5O3S/c1-9-8-14(23)16(20-22-18)10(2)15(9)19-11(3)21-26(24,25)13-6-4-12(17)5-7-13/h4-8H,1-3H3/b19-15?,21-11-. The topological polar surface area (TPSA) is 125 Å². The molecule has 1 aromatic rings. The third-order valence-corrected chi connectivity index (χ3v) is 5.07. The summed E-state index contributed by atoms with van der Waals surface area (Å²) in [6.07, 6.45) is 1.27. The molecule has 1 aliphatic carbocycles. The molecule has 0 saturated heterocycles. The van der Waals surface area contributed by atoms with E-state index in [1.807, 2.05) is 0 Å². The third kappa shape index (κ3) is 4.26. The molecule has 1 aromatic carbocycles. The van der Waals surface area contributed by atoms with Gasteiger partial charge in [0.05, 0.1) is 16.3 Å². The van der Waals surface area contributed by atoms with Gasteiger partial charge in [-0.3, -0.25) is 4.79 Å². The van der Waals surface area contributed by atoms with Crippen LogP contribution in [0.5, 0.6) is 0 Å². The third-order valence-electron chi connectivity index (χ3n) is 3.45. The Hall–Kier alpha value is -2.74. The highest BCUT2D eigenvalue weighted by Crippen LogP contribution is 2.22. The van der Waals surface area contributed by atoms with Gasteiger partial charge in [0, 0.05) is 9.93 Å². The minimum atomic E-state index is -3.96. The normalized spacial score (nSPS) is 17.2. The zero-order valence-corrected chi connectivity index (χ0v) is 15.7. The molecule has 134 valence electrons. The molecular formula is C16H14ClN5O3S. The maximum atomic E-state index is 12.3. The molecule has 2 rings (SSSR count). The van der Waals surface area contributed by atoms with E-state index in [2.05, 4.69) is 19.4 Å². The van der Waals surface area contributed by atoms with Crippen LogP contribution in [0.25, 0.3) is 10.4 Å². The van der Waals surface area contributed by atoms with Crippen molar-refractivity contribution in [3.8, 4) is 0 Å². The van der Waals surface area contributed by atoms with Gasteiger partial charge in [0.25, 0.3) is 10.0 Å². The van der Waals surface area contributed by atoms with Crippen molar-refractivity contribution in [3.05, 3.63) is 62.7 Å². The first-order chi connectivity index (χ1) is 12.2. The summed E-state index contributed by atoms with van der Waals surface area (Å²) in [5.41, 5.74) is 9.71. The van der Waals surface area contributed by atoms with E-state index >= 15 is 0 Å². The number of benzene rings is 1. The molecular weight excluding hydrogens is 378 g/mol. The maximum absolute atomic E-state index is 12.3. The number of aliphatic imine (C=N–C) groups is 1. The van der Waals surface area contributed by atoms with Gasteiger partial charge in [-0.25, -0.2) is 4.99 Å². The Balaban J connectivity index is 2.48. The first-order valence-electron chi connectivity index (χ1n) is 7.31. The number of nitrogens with zero attached hydrogens (tertiary/aromatic N) is 5. The van der Waals surface area contributed by atoms with E-state index in [1.54, 1.807) is 13.8 Å². The van der Waals surface area contributed by atoms with Crippen molar-refractivity contribution in [2.75, 3.05) is 0 Å². The Kier molecular flexibility index (Phi) is 5.76. The van der Waals surface area contributed by atoms with Crippen molar-refractivity contribution < 1.29 is 13.2 Å². The van der Waals surface area contributed by atoms with Gasteiger partial charge in [0.15, 0.2) is 5.78 Å². The Morgan fingerprint density at radius 1 is 1.19 bits per heavy atom. The highest BCUT2D eigenvalue weighted by Gasteiger charge is 2.21. The van der Waals surface area contributed by atoms with Crippen LogP contribution in [0.15, 0.2) is 66.6 Å². The van der Waals surface area contributed by atoms with Gasteiger partial charge < -0.3 is 0 Å². The number of amidine groups is 1. The summed E-state index contributed by atoms with van der Waals surface area (Å²) in [4.78, 5) is 18.7. The minimum absolute atomic E-state index is 0.0189. The smallest absolute Gasteiger partial charge is 0.283 e. The van der Waals surface area contributed by atoms with Crippen molar-refractivity contribution in [2.45, 2.75) is 25.7 Å².